The molecule has 8 heteroatoms. The molecule has 0 aliphatic heterocycles. The number of nitrogens with one attached hydrogen (secondary N) is 1. The van der Waals surface area contributed by atoms with Gasteiger partial charge in [-0.3, -0.25) is 13.9 Å². The first-order valence-corrected chi connectivity index (χ1v) is 12.4. The normalized spacial score (nSPS) is 12.3. The summed E-state index contributed by atoms with van der Waals surface area (Å²) in [5.74, 6) is -0.702. The second kappa shape index (κ2) is 10.6. The molecule has 2 rings (SSSR count). The number of para-hydroxylation sites is 1. The molecular formula is C24H33N3O4S. The quantitative estimate of drug-likeness (QED) is 0.624. The van der Waals surface area contributed by atoms with E-state index in [-0.39, 0.29) is 18.4 Å². The second-order valence-electron chi connectivity index (χ2n) is 8.22. The Morgan fingerprint density at radius 2 is 1.59 bits per heavy atom. The Kier molecular flexibility index (Phi) is 8.44. The Hall–Kier alpha value is -2.87. The molecule has 0 radical (unpaired) electrons. The van der Waals surface area contributed by atoms with Gasteiger partial charge < -0.3 is 10.2 Å². The smallest absolute Gasteiger partial charge is 0.244 e. The number of anilines is 1. The molecule has 0 aliphatic rings. The van der Waals surface area contributed by atoms with E-state index in [1.165, 1.54) is 11.9 Å². The minimum atomic E-state index is -3.75. The highest BCUT2D eigenvalue weighted by molar-refractivity contribution is 7.92. The highest BCUT2D eigenvalue weighted by Crippen LogP contribution is 2.29. The van der Waals surface area contributed by atoms with Crippen LogP contribution in [-0.4, -0.2) is 51.0 Å². The molecule has 0 heterocycles. The van der Waals surface area contributed by atoms with Crippen molar-refractivity contribution in [3.8, 4) is 0 Å². The Balaban J connectivity index is 2.47. The van der Waals surface area contributed by atoms with Crippen LogP contribution in [0, 0.1) is 6.92 Å². The predicted molar refractivity (Wildman–Crippen MR) is 128 cm³/mol. The molecule has 1 unspecified atom stereocenters. The van der Waals surface area contributed by atoms with Crippen molar-refractivity contribution in [2.45, 2.75) is 46.2 Å². The van der Waals surface area contributed by atoms with Crippen molar-refractivity contribution in [3.05, 3.63) is 65.2 Å². The summed E-state index contributed by atoms with van der Waals surface area (Å²) >= 11 is 0. The average Bonchev–Trinajstić information content (AvgIpc) is 2.74. The topological polar surface area (TPSA) is 86.8 Å². The Morgan fingerprint density at radius 3 is 2.16 bits per heavy atom. The van der Waals surface area contributed by atoms with E-state index in [1.807, 2.05) is 57.2 Å². The van der Waals surface area contributed by atoms with Gasteiger partial charge in [0.2, 0.25) is 21.8 Å². The van der Waals surface area contributed by atoms with Gasteiger partial charge in [-0.05, 0) is 42.5 Å². The minimum Gasteiger partial charge on any atom is -0.357 e. The van der Waals surface area contributed by atoms with E-state index in [1.54, 1.807) is 19.1 Å². The van der Waals surface area contributed by atoms with Gasteiger partial charge in [-0.2, -0.15) is 0 Å². The van der Waals surface area contributed by atoms with Crippen LogP contribution in [0.25, 0.3) is 0 Å². The molecule has 2 aromatic rings. The summed E-state index contributed by atoms with van der Waals surface area (Å²) in [7, 11) is -2.24. The molecule has 0 saturated carbocycles. The molecule has 0 aliphatic carbocycles. The summed E-state index contributed by atoms with van der Waals surface area (Å²) in [5.41, 5.74) is 3.18. The lowest BCUT2D eigenvalue weighted by Crippen LogP contribution is -2.50. The van der Waals surface area contributed by atoms with E-state index in [0.717, 1.165) is 27.3 Å². The van der Waals surface area contributed by atoms with Crippen molar-refractivity contribution in [2.24, 2.45) is 0 Å². The minimum absolute atomic E-state index is 0.0680. The lowest BCUT2D eigenvalue weighted by molar-refractivity contribution is -0.139. The van der Waals surface area contributed by atoms with Gasteiger partial charge in [0.05, 0.1) is 11.9 Å². The lowest BCUT2D eigenvalue weighted by atomic mass is 10.0. The van der Waals surface area contributed by atoms with Gasteiger partial charge in [-0.1, -0.05) is 56.3 Å². The molecule has 1 N–H and O–H groups in total. The summed E-state index contributed by atoms with van der Waals surface area (Å²) in [5, 5.41) is 2.58. The number of hydrogen-bond donors (Lipinski definition) is 1. The third kappa shape index (κ3) is 6.09. The summed E-state index contributed by atoms with van der Waals surface area (Å²) < 4.78 is 26.6. The van der Waals surface area contributed by atoms with Gasteiger partial charge in [0.25, 0.3) is 0 Å². The van der Waals surface area contributed by atoms with Crippen LogP contribution in [-0.2, 0) is 26.2 Å². The number of rotatable bonds is 9. The maximum absolute atomic E-state index is 13.5. The molecule has 174 valence electrons. The first-order valence-electron chi connectivity index (χ1n) is 10.6. The molecule has 7 nitrogen and oxygen atoms in total. The first-order chi connectivity index (χ1) is 15.0. The molecule has 32 heavy (non-hydrogen) atoms. The molecule has 0 fully saturated rings. The van der Waals surface area contributed by atoms with Crippen molar-refractivity contribution in [3.63, 3.8) is 0 Å². The van der Waals surface area contributed by atoms with Gasteiger partial charge in [0.15, 0.2) is 0 Å². The molecule has 2 amide bonds. The third-order valence-electron chi connectivity index (χ3n) is 5.52. The highest BCUT2D eigenvalue weighted by Gasteiger charge is 2.30. The molecule has 0 saturated heterocycles. The van der Waals surface area contributed by atoms with E-state index in [0.29, 0.717) is 5.69 Å². The molecule has 2 aromatic carbocycles. The van der Waals surface area contributed by atoms with Crippen LogP contribution < -0.4 is 9.62 Å². The molecular weight excluding hydrogens is 426 g/mol. The number of hydrogen-bond acceptors (Lipinski definition) is 4. The van der Waals surface area contributed by atoms with Crippen LogP contribution in [0.1, 0.15) is 43.4 Å². The third-order valence-corrected chi connectivity index (χ3v) is 6.65. The number of likely N-dealkylation sites (N-methyl/N-ethyl adjacent to an activating group) is 1. The first kappa shape index (κ1) is 25.4. The monoisotopic (exact) mass is 459 g/mol. The number of aryl methyl sites for hydroxylation is 1. The summed E-state index contributed by atoms with van der Waals surface area (Å²) in [4.78, 5) is 27.3. The summed E-state index contributed by atoms with van der Waals surface area (Å²) in [6, 6.07) is 14.0. The van der Waals surface area contributed by atoms with Gasteiger partial charge in [-0.15, -0.1) is 0 Å². The van der Waals surface area contributed by atoms with Crippen LogP contribution in [0.2, 0.25) is 0 Å². The van der Waals surface area contributed by atoms with Crippen molar-refractivity contribution in [1.82, 2.24) is 10.2 Å². The number of carbonyl (C=O) groups is 2. The molecule has 0 spiro atoms. The fourth-order valence-corrected chi connectivity index (χ4v) is 4.43. The zero-order chi connectivity index (χ0) is 24.1. The summed E-state index contributed by atoms with van der Waals surface area (Å²) in [6.07, 6.45) is 1.09. The Morgan fingerprint density at radius 1 is 1.00 bits per heavy atom. The number of sulfonamides is 1. The SMILES string of the molecule is CNC(=O)C(C)N(Cc1ccccc1C)C(=O)CN(c1ccccc1C(C)C)S(C)(=O)=O. The molecule has 1 atom stereocenters. The highest BCUT2D eigenvalue weighted by atomic mass is 32.2. The fraction of sp³-hybridized carbons (Fsp3) is 0.417. The fourth-order valence-electron chi connectivity index (χ4n) is 3.56. The van der Waals surface area contributed by atoms with Crippen molar-refractivity contribution in [1.29, 1.82) is 0 Å². The standard InChI is InChI=1S/C24H33N3O4S/c1-17(2)21-13-9-10-14-22(21)27(32(6,30)31)16-23(28)26(19(4)24(29)25-5)15-20-12-8-7-11-18(20)3/h7-14,17,19H,15-16H2,1-6H3,(H,25,29). The van der Waals surface area contributed by atoms with Gasteiger partial charge in [0.1, 0.15) is 12.6 Å². The zero-order valence-corrected chi connectivity index (χ0v) is 20.4. The maximum Gasteiger partial charge on any atom is 0.244 e. The van der Waals surface area contributed by atoms with E-state index in [2.05, 4.69) is 5.32 Å². The molecule has 0 bridgehead atoms. The lowest BCUT2D eigenvalue weighted by Gasteiger charge is -2.32. The number of nitrogens with zero attached hydrogens (tertiary/aromatic N) is 2. The van der Waals surface area contributed by atoms with E-state index in [9.17, 15) is 18.0 Å². The van der Waals surface area contributed by atoms with Crippen molar-refractivity contribution in [2.75, 3.05) is 24.2 Å². The van der Waals surface area contributed by atoms with Crippen molar-refractivity contribution >= 4 is 27.5 Å². The van der Waals surface area contributed by atoms with Crippen LogP contribution in [0.3, 0.4) is 0 Å². The summed E-state index contributed by atoms with van der Waals surface area (Å²) in [6.45, 7) is 7.32. The van der Waals surface area contributed by atoms with Crippen LogP contribution in [0.5, 0.6) is 0 Å². The van der Waals surface area contributed by atoms with Crippen molar-refractivity contribution < 1.29 is 18.0 Å². The van der Waals surface area contributed by atoms with Gasteiger partial charge in [0, 0.05) is 13.6 Å². The van der Waals surface area contributed by atoms with Crippen LogP contribution >= 0.6 is 0 Å². The maximum atomic E-state index is 13.5. The van der Waals surface area contributed by atoms with E-state index in [4.69, 9.17) is 0 Å². The Bertz CT molecular complexity index is 1070. The molecule has 0 aromatic heterocycles. The van der Waals surface area contributed by atoms with E-state index >= 15 is 0 Å². The average molecular weight is 460 g/mol. The number of carbonyl (C=O) groups excluding carboxylic acids is 2. The van der Waals surface area contributed by atoms with E-state index < -0.39 is 28.5 Å². The van der Waals surface area contributed by atoms with Gasteiger partial charge >= 0.3 is 0 Å². The number of amides is 2. The predicted octanol–water partition coefficient (Wildman–Crippen LogP) is 3.05. The largest absolute Gasteiger partial charge is 0.357 e. The van der Waals surface area contributed by atoms with Gasteiger partial charge in [-0.25, -0.2) is 8.42 Å². The number of benzene rings is 2. The van der Waals surface area contributed by atoms with Crippen LogP contribution in [0.15, 0.2) is 48.5 Å². The second-order valence-corrected chi connectivity index (χ2v) is 10.1. The Labute approximate surface area is 191 Å². The zero-order valence-electron chi connectivity index (χ0n) is 19.6. The van der Waals surface area contributed by atoms with Crippen LogP contribution in [0.4, 0.5) is 5.69 Å².